The summed E-state index contributed by atoms with van der Waals surface area (Å²) in [6.07, 6.45) is 2.39. The number of amides is 1. The summed E-state index contributed by atoms with van der Waals surface area (Å²) in [5, 5.41) is 2.93. The average molecular weight is 422 g/mol. The summed E-state index contributed by atoms with van der Waals surface area (Å²) < 4.78 is 6.50. The van der Waals surface area contributed by atoms with Gasteiger partial charge in [0.2, 0.25) is 0 Å². The van der Waals surface area contributed by atoms with Gasteiger partial charge in [0.15, 0.2) is 5.76 Å². The molecule has 0 unspecified atom stereocenters. The number of thioether (sulfide) groups is 1. The van der Waals surface area contributed by atoms with E-state index in [4.69, 9.17) is 4.42 Å². The Morgan fingerprint density at radius 3 is 2.75 bits per heavy atom. The molecule has 0 aliphatic heterocycles. The number of hydrogen-bond donors (Lipinski definition) is 1. The van der Waals surface area contributed by atoms with Gasteiger partial charge in [0.05, 0.1) is 10.0 Å². The molecule has 3 rings (SSSR count). The van der Waals surface area contributed by atoms with Crippen molar-refractivity contribution in [2.75, 3.05) is 6.54 Å². The van der Waals surface area contributed by atoms with Gasteiger partial charge in [-0.05, 0) is 52.7 Å². The van der Waals surface area contributed by atoms with Crippen LogP contribution in [0.2, 0.25) is 0 Å². The fourth-order valence-electron chi connectivity index (χ4n) is 2.19. The van der Waals surface area contributed by atoms with Crippen LogP contribution >= 0.6 is 39.0 Å². The summed E-state index contributed by atoms with van der Waals surface area (Å²) in [4.78, 5) is 14.7. The van der Waals surface area contributed by atoms with Crippen molar-refractivity contribution in [1.82, 2.24) is 5.32 Å². The second-order valence-electron chi connectivity index (χ2n) is 5.09. The maximum atomic E-state index is 12.3. The normalized spacial score (nSPS) is 10.7. The standard InChI is InChI=1S/C18H16BrNO2S2/c19-16-7-6-15(24-16)8-10-20-18(21)17-13(9-11-22-17)12-23-14-4-2-1-3-5-14/h1-7,9,11H,8,10,12H2,(H,20,21). The number of hydrogen-bond acceptors (Lipinski definition) is 4. The first-order valence-corrected chi connectivity index (χ1v) is 10.1. The van der Waals surface area contributed by atoms with Gasteiger partial charge in [-0.2, -0.15) is 0 Å². The highest BCUT2D eigenvalue weighted by Gasteiger charge is 2.15. The number of halogens is 1. The average Bonchev–Trinajstić information content (AvgIpc) is 3.23. The molecule has 2 heterocycles. The number of rotatable bonds is 7. The van der Waals surface area contributed by atoms with E-state index in [1.165, 1.54) is 9.77 Å². The van der Waals surface area contributed by atoms with Crippen LogP contribution in [0.5, 0.6) is 0 Å². The zero-order valence-electron chi connectivity index (χ0n) is 12.8. The number of carbonyl (C=O) groups excluding carboxylic acids is 1. The summed E-state index contributed by atoms with van der Waals surface area (Å²) in [6, 6.07) is 16.1. The third-order valence-corrected chi connectivity index (χ3v) is 6.12. The van der Waals surface area contributed by atoms with E-state index in [9.17, 15) is 4.79 Å². The fourth-order valence-corrected chi connectivity index (χ4v) is 4.57. The van der Waals surface area contributed by atoms with Gasteiger partial charge in [-0.15, -0.1) is 23.1 Å². The smallest absolute Gasteiger partial charge is 0.287 e. The van der Waals surface area contributed by atoms with Gasteiger partial charge in [0, 0.05) is 27.6 Å². The predicted molar refractivity (Wildman–Crippen MR) is 103 cm³/mol. The molecule has 6 heteroatoms. The highest BCUT2D eigenvalue weighted by atomic mass is 79.9. The highest BCUT2D eigenvalue weighted by Crippen LogP contribution is 2.25. The minimum atomic E-state index is -0.153. The minimum absolute atomic E-state index is 0.153. The topological polar surface area (TPSA) is 42.2 Å². The van der Waals surface area contributed by atoms with Gasteiger partial charge in [-0.25, -0.2) is 0 Å². The van der Waals surface area contributed by atoms with Crippen LogP contribution in [-0.4, -0.2) is 12.5 Å². The van der Waals surface area contributed by atoms with E-state index in [2.05, 4.69) is 39.4 Å². The predicted octanol–water partition coefficient (Wildman–Crippen LogP) is 5.37. The van der Waals surface area contributed by atoms with Crippen molar-refractivity contribution in [2.24, 2.45) is 0 Å². The second kappa shape index (κ2) is 8.55. The minimum Gasteiger partial charge on any atom is -0.459 e. The third-order valence-electron chi connectivity index (χ3n) is 3.38. The number of carbonyl (C=O) groups is 1. The Morgan fingerprint density at radius 1 is 1.17 bits per heavy atom. The third kappa shape index (κ3) is 4.75. The molecule has 1 amide bonds. The quantitative estimate of drug-likeness (QED) is 0.521. The number of nitrogens with one attached hydrogen (secondary N) is 1. The van der Waals surface area contributed by atoms with E-state index in [-0.39, 0.29) is 5.91 Å². The van der Waals surface area contributed by atoms with Crippen molar-refractivity contribution in [3.05, 3.63) is 74.8 Å². The van der Waals surface area contributed by atoms with Crippen molar-refractivity contribution in [3.8, 4) is 0 Å². The van der Waals surface area contributed by atoms with Gasteiger partial charge in [-0.1, -0.05) is 18.2 Å². The molecule has 2 aromatic heterocycles. The summed E-state index contributed by atoms with van der Waals surface area (Å²) in [7, 11) is 0. The maximum Gasteiger partial charge on any atom is 0.287 e. The number of furan rings is 1. The Hall–Kier alpha value is -1.50. The first kappa shape index (κ1) is 17.3. The Bertz CT molecular complexity index is 798. The first-order chi connectivity index (χ1) is 11.7. The molecule has 24 heavy (non-hydrogen) atoms. The molecule has 0 saturated carbocycles. The van der Waals surface area contributed by atoms with Crippen LogP contribution in [0.4, 0.5) is 0 Å². The summed E-state index contributed by atoms with van der Waals surface area (Å²) >= 11 is 6.82. The van der Waals surface area contributed by atoms with E-state index in [0.717, 1.165) is 15.8 Å². The van der Waals surface area contributed by atoms with Crippen molar-refractivity contribution in [2.45, 2.75) is 17.1 Å². The van der Waals surface area contributed by atoms with Crippen molar-refractivity contribution < 1.29 is 9.21 Å². The van der Waals surface area contributed by atoms with E-state index in [0.29, 0.717) is 18.1 Å². The molecule has 3 aromatic rings. The fraction of sp³-hybridized carbons (Fsp3) is 0.167. The molecule has 1 aromatic carbocycles. The van der Waals surface area contributed by atoms with Gasteiger partial charge in [0.1, 0.15) is 0 Å². The van der Waals surface area contributed by atoms with E-state index in [1.54, 1.807) is 29.4 Å². The molecular weight excluding hydrogens is 406 g/mol. The molecule has 0 saturated heterocycles. The summed E-state index contributed by atoms with van der Waals surface area (Å²) in [5.41, 5.74) is 0.917. The molecular formula is C18H16BrNO2S2. The van der Waals surface area contributed by atoms with E-state index < -0.39 is 0 Å². The molecule has 0 bridgehead atoms. The van der Waals surface area contributed by atoms with Crippen molar-refractivity contribution in [1.29, 1.82) is 0 Å². The molecule has 0 aliphatic rings. The monoisotopic (exact) mass is 421 g/mol. The number of thiophene rings is 1. The zero-order valence-corrected chi connectivity index (χ0v) is 16.0. The van der Waals surface area contributed by atoms with Gasteiger partial charge < -0.3 is 9.73 Å². The van der Waals surface area contributed by atoms with Crippen LogP contribution in [0.15, 0.2) is 67.9 Å². The second-order valence-corrected chi connectivity index (χ2v) is 8.68. The largest absolute Gasteiger partial charge is 0.459 e. The molecule has 3 nitrogen and oxygen atoms in total. The molecule has 0 atom stereocenters. The molecule has 0 fully saturated rings. The zero-order chi connectivity index (χ0) is 16.8. The molecule has 0 aliphatic carbocycles. The van der Waals surface area contributed by atoms with Crippen LogP contribution in [0.1, 0.15) is 21.0 Å². The molecule has 124 valence electrons. The van der Waals surface area contributed by atoms with Crippen LogP contribution in [0, 0.1) is 0 Å². The molecule has 0 spiro atoms. The SMILES string of the molecule is O=C(NCCc1ccc(Br)s1)c1occc1CSc1ccccc1. The lowest BCUT2D eigenvalue weighted by Gasteiger charge is -2.05. The van der Waals surface area contributed by atoms with E-state index >= 15 is 0 Å². The first-order valence-electron chi connectivity index (χ1n) is 7.49. The van der Waals surface area contributed by atoms with Crippen molar-refractivity contribution in [3.63, 3.8) is 0 Å². The van der Waals surface area contributed by atoms with Crippen LogP contribution in [0.3, 0.4) is 0 Å². The van der Waals surface area contributed by atoms with E-state index in [1.807, 2.05) is 30.3 Å². The Balaban J connectivity index is 1.52. The highest BCUT2D eigenvalue weighted by molar-refractivity contribution is 9.11. The lowest BCUT2D eigenvalue weighted by atomic mass is 10.2. The van der Waals surface area contributed by atoms with Crippen LogP contribution < -0.4 is 5.32 Å². The summed E-state index contributed by atoms with van der Waals surface area (Å²) in [6.45, 7) is 0.595. The molecule has 1 N–H and O–H groups in total. The van der Waals surface area contributed by atoms with Gasteiger partial charge in [-0.3, -0.25) is 4.79 Å². The number of benzene rings is 1. The lowest BCUT2D eigenvalue weighted by molar-refractivity contribution is 0.0925. The Morgan fingerprint density at radius 2 is 2.00 bits per heavy atom. The Kier molecular flexibility index (Phi) is 6.18. The Labute approximate surface area is 157 Å². The maximum absolute atomic E-state index is 12.3. The van der Waals surface area contributed by atoms with Crippen molar-refractivity contribution >= 4 is 44.9 Å². The molecule has 0 radical (unpaired) electrons. The lowest BCUT2D eigenvalue weighted by Crippen LogP contribution is -2.25. The summed E-state index contributed by atoms with van der Waals surface area (Å²) in [5.74, 6) is 0.964. The van der Waals surface area contributed by atoms with Gasteiger partial charge >= 0.3 is 0 Å². The van der Waals surface area contributed by atoms with Crippen LogP contribution in [-0.2, 0) is 12.2 Å². The van der Waals surface area contributed by atoms with Gasteiger partial charge in [0.25, 0.3) is 5.91 Å². The van der Waals surface area contributed by atoms with Crippen LogP contribution in [0.25, 0.3) is 0 Å².